The number of ether oxygens (including phenoxy) is 2. The summed E-state index contributed by atoms with van der Waals surface area (Å²) in [4.78, 5) is 4.36. The smallest absolute Gasteiger partial charge is 0.143 e. The predicted molar refractivity (Wildman–Crippen MR) is 111 cm³/mol. The summed E-state index contributed by atoms with van der Waals surface area (Å²) in [6.45, 7) is 3.05. The van der Waals surface area contributed by atoms with Gasteiger partial charge in [0.2, 0.25) is 0 Å². The van der Waals surface area contributed by atoms with E-state index in [1.807, 2.05) is 12.1 Å². The largest absolute Gasteiger partial charge is 0.383 e. The molecule has 2 aromatic rings. The Labute approximate surface area is 174 Å². The number of hydrogen-bond donors (Lipinski definition) is 1. The molecular weight excluding hydrogens is 384 g/mol. The molecule has 7 heteroatoms. The molecule has 2 saturated heterocycles. The molecule has 1 aromatic carbocycles. The van der Waals surface area contributed by atoms with Crippen LogP contribution in [0.15, 0.2) is 29.3 Å². The van der Waals surface area contributed by atoms with Crippen LogP contribution < -0.4 is 5.73 Å². The van der Waals surface area contributed by atoms with Crippen molar-refractivity contribution in [3.8, 4) is 23.3 Å². The molecule has 0 atom stereocenters. The molecule has 2 fully saturated rings. The van der Waals surface area contributed by atoms with Gasteiger partial charge in [-0.25, -0.2) is 4.98 Å². The van der Waals surface area contributed by atoms with Gasteiger partial charge in [-0.3, -0.25) is 0 Å². The van der Waals surface area contributed by atoms with Crippen molar-refractivity contribution in [1.29, 1.82) is 10.5 Å². The third-order valence-corrected chi connectivity index (χ3v) is 6.68. The highest BCUT2D eigenvalue weighted by atomic mass is 32.2. The molecule has 3 heterocycles. The van der Waals surface area contributed by atoms with Gasteiger partial charge >= 0.3 is 0 Å². The number of aromatic nitrogens is 1. The summed E-state index contributed by atoms with van der Waals surface area (Å²) >= 11 is 1.51. The van der Waals surface area contributed by atoms with E-state index in [0.29, 0.717) is 28.0 Å². The van der Waals surface area contributed by atoms with Crippen molar-refractivity contribution in [2.45, 2.75) is 23.8 Å². The summed E-state index contributed by atoms with van der Waals surface area (Å²) in [5.41, 5.74) is 9.43. The predicted octanol–water partition coefficient (Wildman–Crippen LogP) is 3.71. The first kappa shape index (κ1) is 19.7. The van der Waals surface area contributed by atoms with Crippen molar-refractivity contribution in [3.05, 3.63) is 41.0 Å². The molecular formula is C22H22N4O2S. The Morgan fingerprint density at radius 2 is 1.72 bits per heavy atom. The molecule has 2 N–H and O–H groups in total. The molecule has 29 heavy (non-hydrogen) atoms. The minimum absolute atomic E-state index is 0.169. The highest BCUT2D eigenvalue weighted by Crippen LogP contribution is 2.37. The van der Waals surface area contributed by atoms with E-state index in [1.165, 1.54) is 17.3 Å². The van der Waals surface area contributed by atoms with E-state index in [-0.39, 0.29) is 11.4 Å². The van der Waals surface area contributed by atoms with Gasteiger partial charge in [0.15, 0.2) is 0 Å². The van der Waals surface area contributed by atoms with Crippen LogP contribution in [0.2, 0.25) is 0 Å². The number of nitrogen functional groups attached to an aromatic ring is 1. The van der Waals surface area contributed by atoms with Gasteiger partial charge in [0, 0.05) is 30.4 Å². The lowest BCUT2D eigenvalue weighted by Gasteiger charge is -2.25. The van der Waals surface area contributed by atoms with Crippen LogP contribution in [-0.4, -0.2) is 37.2 Å². The number of thioether (sulfide) groups is 1. The molecule has 4 rings (SSSR count). The minimum Gasteiger partial charge on any atom is -0.383 e. The topological polar surface area (TPSA) is 105 Å². The third kappa shape index (κ3) is 4.09. The number of nitrogens with zero attached hydrogens (tertiary/aromatic N) is 3. The first-order chi connectivity index (χ1) is 14.2. The second kappa shape index (κ2) is 8.84. The van der Waals surface area contributed by atoms with Crippen LogP contribution >= 0.6 is 11.8 Å². The summed E-state index contributed by atoms with van der Waals surface area (Å²) in [7, 11) is 0. The maximum atomic E-state index is 9.87. The van der Waals surface area contributed by atoms with E-state index >= 15 is 0 Å². The Hall–Kier alpha value is -2.58. The van der Waals surface area contributed by atoms with Gasteiger partial charge in [-0.05, 0) is 29.9 Å². The number of hydrogen-bond acceptors (Lipinski definition) is 7. The molecule has 0 spiro atoms. The summed E-state index contributed by atoms with van der Waals surface area (Å²) in [6, 6.07) is 12.5. The van der Waals surface area contributed by atoms with Gasteiger partial charge in [0.1, 0.15) is 28.5 Å². The molecule has 2 aliphatic rings. The molecule has 0 radical (unpaired) electrons. The van der Waals surface area contributed by atoms with E-state index in [0.717, 1.165) is 50.6 Å². The quantitative estimate of drug-likeness (QED) is 0.755. The molecule has 2 aliphatic heterocycles. The van der Waals surface area contributed by atoms with Crippen molar-refractivity contribution in [2.75, 3.05) is 37.9 Å². The number of pyridine rings is 1. The fraction of sp³-hybridized carbons (Fsp3) is 0.409. The van der Waals surface area contributed by atoms with Gasteiger partial charge in [0.25, 0.3) is 0 Å². The zero-order valence-corrected chi connectivity index (χ0v) is 16.9. The highest BCUT2D eigenvalue weighted by Gasteiger charge is 2.24. The summed E-state index contributed by atoms with van der Waals surface area (Å²) in [6.07, 6.45) is 2.03. The first-order valence-electron chi connectivity index (χ1n) is 9.73. The minimum atomic E-state index is 0.169. The van der Waals surface area contributed by atoms with Crippen LogP contribution in [0.5, 0.6) is 0 Å². The molecule has 0 amide bonds. The van der Waals surface area contributed by atoms with Crippen LogP contribution in [0.3, 0.4) is 0 Å². The molecule has 0 unspecified atom stereocenters. The Kier molecular flexibility index (Phi) is 6.01. The zero-order chi connectivity index (χ0) is 20.2. The molecule has 0 aliphatic carbocycles. The van der Waals surface area contributed by atoms with Crippen LogP contribution in [0.25, 0.3) is 11.1 Å². The maximum absolute atomic E-state index is 9.87. The van der Waals surface area contributed by atoms with Gasteiger partial charge in [0.05, 0.1) is 18.8 Å². The van der Waals surface area contributed by atoms with E-state index in [9.17, 15) is 10.5 Å². The standard InChI is InChI=1S/C22H22N4O2S/c23-9-18-20(17-3-1-15(2-4-17)16-5-7-27-8-6-16)19(10-24)22(26-21(18)25)29-13-14-11-28-12-14/h1-4,14,16H,5-8,11-13H2,(H2,25,26). The Balaban J connectivity index is 1.70. The third-order valence-electron chi connectivity index (χ3n) is 5.47. The number of nitrogens with two attached hydrogens (primary N) is 1. The second-order valence-corrected chi connectivity index (χ2v) is 8.38. The monoisotopic (exact) mass is 406 g/mol. The lowest BCUT2D eigenvalue weighted by Crippen LogP contribution is -2.29. The fourth-order valence-corrected chi connectivity index (χ4v) is 4.76. The van der Waals surface area contributed by atoms with Crippen molar-refractivity contribution in [3.63, 3.8) is 0 Å². The van der Waals surface area contributed by atoms with Gasteiger partial charge in [-0.2, -0.15) is 10.5 Å². The lowest BCUT2D eigenvalue weighted by molar-refractivity contribution is -0.0196. The number of benzene rings is 1. The highest BCUT2D eigenvalue weighted by molar-refractivity contribution is 7.99. The normalized spacial score (nSPS) is 17.3. The van der Waals surface area contributed by atoms with Crippen molar-refractivity contribution in [2.24, 2.45) is 5.92 Å². The Bertz CT molecular complexity index is 968. The van der Waals surface area contributed by atoms with E-state index < -0.39 is 0 Å². The maximum Gasteiger partial charge on any atom is 0.143 e. The summed E-state index contributed by atoms with van der Waals surface area (Å²) < 4.78 is 10.7. The van der Waals surface area contributed by atoms with E-state index in [1.54, 1.807) is 0 Å². The Morgan fingerprint density at radius 1 is 1.03 bits per heavy atom. The molecule has 0 bridgehead atoms. The summed E-state index contributed by atoms with van der Waals surface area (Å²) in [5, 5.41) is 20.1. The van der Waals surface area contributed by atoms with Crippen molar-refractivity contribution in [1.82, 2.24) is 4.98 Å². The zero-order valence-electron chi connectivity index (χ0n) is 16.1. The molecule has 6 nitrogen and oxygen atoms in total. The number of anilines is 1. The summed E-state index contributed by atoms with van der Waals surface area (Å²) in [5.74, 6) is 1.94. The van der Waals surface area contributed by atoms with Gasteiger partial charge in [-0.1, -0.05) is 24.3 Å². The van der Waals surface area contributed by atoms with E-state index in [4.69, 9.17) is 15.2 Å². The average Bonchev–Trinajstić information content (AvgIpc) is 2.73. The van der Waals surface area contributed by atoms with Gasteiger partial charge < -0.3 is 15.2 Å². The lowest BCUT2D eigenvalue weighted by atomic mass is 9.89. The van der Waals surface area contributed by atoms with Crippen LogP contribution in [-0.2, 0) is 9.47 Å². The van der Waals surface area contributed by atoms with Crippen molar-refractivity contribution >= 4 is 17.6 Å². The van der Waals surface area contributed by atoms with E-state index in [2.05, 4.69) is 29.3 Å². The average molecular weight is 407 g/mol. The SMILES string of the molecule is N#Cc1c(N)nc(SCC2COC2)c(C#N)c1-c1ccc(C2CCOCC2)cc1. The number of nitriles is 2. The Morgan fingerprint density at radius 3 is 2.31 bits per heavy atom. The van der Waals surface area contributed by atoms with Gasteiger partial charge in [-0.15, -0.1) is 11.8 Å². The number of rotatable bonds is 5. The molecule has 0 saturated carbocycles. The van der Waals surface area contributed by atoms with Crippen LogP contribution in [0.4, 0.5) is 5.82 Å². The first-order valence-corrected chi connectivity index (χ1v) is 10.7. The second-order valence-electron chi connectivity index (χ2n) is 7.37. The fourth-order valence-electron chi connectivity index (χ4n) is 3.72. The van der Waals surface area contributed by atoms with Crippen molar-refractivity contribution < 1.29 is 9.47 Å². The molecule has 1 aromatic heterocycles. The van der Waals surface area contributed by atoms with Crippen LogP contribution in [0, 0.1) is 28.6 Å². The molecule has 148 valence electrons. The van der Waals surface area contributed by atoms with Crippen LogP contribution in [0.1, 0.15) is 35.4 Å².